The van der Waals surface area contributed by atoms with Crippen LogP contribution >= 0.6 is 0 Å². The smallest absolute Gasteiger partial charge is 0.371 e. The number of carbonyl (C=O) groups is 4. The number of aliphatic carboxylic acids is 1. The van der Waals surface area contributed by atoms with Gasteiger partial charge in [0.2, 0.25) is 0 Å². The van der Waals surface area contributed by atoms with Crippen LogP contribution in [0.4, 0.5) is 13.2 Å². The van der Waals surface area contributed by atoms with Crippen LogP contribution in [-0.2, 0) is 76.2 Å². The molecule has 0 amide bonds. The van der Waals surface area contributed by atoms with Gasteiger partial charge in [0.05, 0.1) is 51.4 Å². The number of carbonyl (C=O) groups excluding carboxylic acids is 4. The van der Waals surface area contributed by atoms with Gasteiger partial charge in [0.25, 0.3) is 0 Å². The van der Waals surface area contributed by atoms with E-state index in [0.717, 1.165) is 30.4 Å². The lowest BCUT2D eigenvalue weighted by Crippen LogP contribution is -2.45. The zero-order valence-electron chi connectivity index (χ0n) is 58.0. The maximum absolute atomic E-state index is 12.0. The molecule has 3 aliphatic rings. The van der Waals surface area contributed by atoms with Crippen LogP contribution in [-0.4, -0.2) is 87.3 Å². The summed E-state index contributed by atoms with van der Waals surface area (Å²) in [4.78, 5) is 55.4. The summed E-state index contributed by atoms with van der Waals surface area (Å²) in [5, 5.41) is 12.6. The number of rotatable bonds is 20. The van der Waals surface area contributed by atoms with Crippen LogP contribution in [0, 0.1) is 31.6 Å². The van der Waals surface area contributed by atoms with Crippen molar-refractivity contribution in [2.45, 2.75) is 116 Å². The van der Waals surface area contributed by atoms with E-state index >= 15 is 0 Å². The topological polar surface area (TPSA) is 200 Å². The fourth-order valence-corrected chi connectivity index (χ4v) is 18.2. The average molecular weight is 1470 g/mol. The van der Waals surface area contributed by atoms with Gasteiger partial charge in [0, 0.05) is 29.9 Å². The number of nitrogens with zero attached hydrogens (tertiary/aromatic N) is 1. The van der Waals surface area contributed by atoms with E-state index in [1.165, 1.54) is 57.9 Å². The van der Waals surface area contributed by atoms with Gasteiger partial charge in [0.1, 0.15) is 27.7 Å². The molecule has 2 bridgehead atoms. The Hall–Kier alpha value is -9.25. The van der Waals surface area contributed by atoms with E-state index in [0.29, 0.717) is 29.8 Å². The number of esters is 3. The van der Waals surface area contributed by atoms with Gasteiger partial charge in [-0.05, 0) is 185 Å². The van der Waals surface area contributed by atoms with Crippen LogP contribution in [0.25, 0.3) is 5.32 Å². The largest absolute Gasteiger partial charge is 0.748 e. The number of benzene rings is 9. The fourth-order valence-electron chi connectivity index (χ4n) is 11.4. The van der Waals surface area contributed by atoms with Crippen molar-refractivity contribution in [2.75, 3.05) is 32.1 Å². The molecule has 0 aromatic heterocycles. The molecule has 9 aromatic rings. The minimum atomic E-state index is -4.56. The highest BCUT2D eigenvalue weighted by Gasteiger charge is 2.56. The summed E-state index contributed by atoms with van der Waals surface area (Å²) >= 11 is 0. The molecule has 0 N–H and O–H groups in total. The predicted octanol–water partition coefficient (Wildman–Crippen LogP) is 16.7. The molecule has 20 heteroatoms. The molecule has 1 aliphatic heterocycles. The van der Waals surface area contributed by atoms with Crippen molar-refractivity contribution in [2.24, 2.45) is 17.8 Å². The van der Waals surface area contributed by atoms with Crippen LogP contribution in [0.2, 0.25) is 0 Å². The second-order valence-corrected chi connectivity index (χ2v) is 31.6. The van der Waals surface area contributed by atoms with Gasteiger partial charge >= 0.3 is 24.1 Å². The van der Waals surface area contributed by atoms with E-state index in [1.807, 2.05) is 26.0 Å². The molecule has 538 valence electrons. The maximum atomic E-state index is 12.0. The summed E-state index contributed by atoms with van der Waals surface area (Å²) in [5.41, 5.74) is 2.56. The highest BCUT2D eigenvalue weighted by atomic mass is 32.2. The number of hydrogen-bond acceptors (Lipinski definition) is 12. The van der Waals surface area contributed by atoms with Gasteiger partial charge in [-0.1, -0.05) is 172 Å². The molecule has 0 spiro atoms. The lowest BCUT2D eigenvalue weighted by atomic mass is 9.81. The zero-order valence-corrected chi connectivity index (χ0v) is 61.3. The van der Waals surface area contributed by atoms with E-state index in [9.17, 15) is 50.4 Å². The van der Waals surface area contributed by atoms with Crippen molar-refractivity contribution in [1.29, 1.82) is 0 Å². The molecule has 9 aromatic carbocycles. The Bertz CT molecular complexity index is 3920. The third kappa shape index (κ3) is 26.2. The standard InChI is InChI=1S/C24H23O2S.2C18H15S.C11H16O6S.C8H11F3NO2.C4H6O2/c1-17(2)24(25)26-23-18(3)15-22(16-19(23)4)27(20-11-7-5-8-12-20)21-13-9-6-10-14-21;2*1-4-10-16(11-5-1)19(17-12-6-2-7-13-17)18-14-8-3-9-15-18;12-9(5-18(13,14)15)17-10-7-3-6-1-2-16-11(10)8(6)4-7;1-6(2)7(13)14-4-3-12-5-8(9,10)11;1-3(2)4(5)6/h5-16H,1H2,2-4H3;2*1-15H;6-8,10-11H,1-5H2,(H,13,14,15);1,3-5H2,2H3;1H2,2H3,(H,5,6)/q3*+1;;-1;/p-2. The Morgan fingerprint density at radius 2 is 0.854 bits per heavy atom. The monoisotopic (exact) mass is 1470 g/mol. The predicted molar refractivity (Wildman–Crippen MR) is 398 cm³/mol. The minimum absolute atomic E-state index is 0.0146. The number of hydrogen-bond donors (Lipinski definition) is 0. The Balaban J connectivity index is 0.000000179. The van der Waals surface area contributed by atoms with Crippen molar-refractivity contribution in [1.82, 2.24) is 0 Å². The van der Waals surface area contributed by atoms with Gasteiger partial charge < -0.3 is 38.7 Å². The fraction of sp³-hybridized carbons (Fsp3) is 0.229. The first kappa shape index (κ1) is 81.1. The summed E-state index contributed by atoms with van der Waals surface area (Å²) in [5.74, 6) is -2.25. The van der Waals surface area contributed by atoms with E-state index in [1.54, 1.807) is 6.92 Å². The molecular weight excluding hydrogens is 1390 g/mol. The Kier molecular flexibility index (Phi) is 31.9. The summed E-state index contributed by atoms with van der Waals surface area (Å²) in [6, 6.07) is 89.6. The molecule has 2 aliphatic carbocycles. The molecule has 13 nitrogen and oxygen atoms in total. The van der Waals surface area contributed by atoms with Gasteiger partial charge in [-0.2, -0.15) is 13.2 Å². The van der Waals surface area contributed by atoms with E-state index in [4.69, 9.17) is 14.2 Å². The lowest BCUT2D eigenvalue weighted by molar-refractivity contribution is -0.299. The number of ether oxygens (including phenoxy) is 4. The molecule has 3 fully saturated rings. The lowest BCUT2D eigenvalue weighted by Gasteiger charge is -2.39. The highest BCUT2D eigenvalue weighted by molar-refractivity contribution is 7.97. The van der Waals surface area contributed by atoms with Crippen LogP contribution in [0.1, 0.15) is 51.2 Å². The third-order valence-electron chi connectivity index (χ3n) is 15.9. The number of halogens is 3. The molecule has 2 saturated carbocycles. The summed E-state index contributed by atoms with van der Waals surface area (Å²) < 4.78 is 87.0. The first-order chi connectivity index (χ1) is 49.3. The van der Waals surface area contributed by atoms with Crippen molar-refractivity contribution >= 4 is 66.7 Å². The Morgan fingerprint density at radius 1 is 0.524 bits per heavy atom. The van der Waals surface area contributed by atoms with Crippen LogP contribution < -0.4 is 9.84 Å². The molecule has 1 saturated heterocycles. The van der Waals surface area contributed by atoms with Crippen LogP contribution in [0.15, 0.2) is 335 Å². The number of aryl methyl sites for hydroxylation is 2. The second kappa shape index (κ2) is 40.6. The molecule has 103 heavy (non-hydrogen) atoms. The van der Waals surface area contributed by atoms with Crippen molar-refractivity contribution in [3.05, 3.63) is 308 Å². The molecule has 5 atom stereocenters. The van der Waals surface area contributed by atoms with E-state index in [2.05, 4.69) is 272 Å². The zero-order chi connectivity index (χ0) is 74.5. The van der Waals surface area contributed by atoms with Gasteiger partial charge in [-0.3, -0.25) is 4.79 Å². The molecule has 0 radical (unpaired) electrons. The summed E-state index contributed by atoms with van der Waals surface area (Å²) in [7, 11) is -4.82. The van der Waals surface area contributed by atoms with E-state index < -0.39 is 46.5 Å². The SMILES string of the molecule is C=C(C)C(=O)OCC[N-]CC(F)(F)F.C=C(C)C(=O)Oc1c(C)cc([S+](c2ccccc2)c2ccccc2)cc1C.C=C(C)C(=O)[O-].O=C(CS(=O)(=O)[O-])OC1C2CC3CCOC1C3C2.c1ccc([S+](c2ccccc2)c2ccccc2)cc1.c1ccc([S+](c2ccccc2)c2ccccc2)cc1. The Labute approximate surface area is 611 Å². The quantitative estimate of drug-likeness (QED) is 0.0175. The van der Waals surface area contributed by atoms with Crippen LogP contribution in [0.3, 0.4) is 0 Å². The molecule has 12 rings (SSSR count). The second-order valence-electron chi connectivity index (χ2n) is 24.1. The minimum Gasteiger partial charge on any atom is -0.748 e. The van der Waals surface area contributed by atoms with E-state index in [-0.39, 0.29) is 81.1 Å². The van der Waals surface area contributed by atoms with Gasteiger partial charge in [-0.25, -0.2) is 18.0 Å². The van der Waals surface area contributed by atoms with Crippen molar-refractivity contribution < 1.29 is 69.4 Å². The highest BCUT2D eigenvalue weighted by Crippen LogP contribution is 2.54. The normalized spacial score (nSPS) is 16.0. The number of fused-ring (bicyclic) bond motifs is 1. The number of alkyl halides is 3. The van der Waals surface area contributed by atoms with Gasteiger partial charge in [0.15, 0.2) is 44.1 Å². The van der Waals surface area contributed by atoms with Crippen molar-refractivity contribution in [3.8, 4) is 5.75 Å². The van der Waals surface area contributed by atoms with Crippen LogP contribution in [0.5, 0.6) is 5.75 Å². The number of carboxylic acid groups (broad SMARTS) is 1. The summed E-state index contributed by atoms with van der Waals surface area (Å²) in [6.45, 7) is 17.7. The average Bonchev–Trinajstić information content (AvgIpc) is 1.37. The van der Waals surface area contributed by atoms with Gasteiger partial charge in [-0.15, -0.1) is 6.54 Å². The third-order valence-corrected chi connectivity index (χ3v) is 23.1. The Morgan fingerprint density at radius 3 is 1.16 bits per heavy atom. The summed E-state index contributed by atoms with van der Waals surface area (Å²) in [6.07, 6.45) is -1.68. The molecule has 1 heterocycles. The number of carboxylic acids is 1. The van der Waals surface area contributed by atoms with Crippen molar-refractivity contribution in [3.63, 3.8) is 0 Å². The maximum Gasteiger partial charge on any atom is 0.371 e. The first-order valence-electron chi connectivity index (χ1n) is 33.0. The first-order valence-corrected chi connectivity index (χ1v) is 38.3. The molecular formula is C83H84F3NO12S4. The molecule has 5 unspecified atom stereocenters.